The SMILES string of the molecule is CCOC(=O)C1=C(C)N=c2s/c(=C\c3cc(Br)cc(OC)c3O)c(=O)n2[C@@H]1c1ccc(OC)cc1. The Bertz CT molecular complexity index is 1500. The smallest absolute Gasteiger partial charge is 0.338 e. The minimum Gasteiger partial charge on any atom is -0.504 e. The Morgan fingerprint density at radius 2 is 1.94 bits per heavy atom. The van der Waals surface area contributed by atoms with Gasteiger partial charge in [-0.1, -0.05) is 39.4 Å². The standard InChI is InChI=1S/C25H23BrN2O6S/c1-5-34-24(31)20-13(2)27-25-28(21(20)14-6-8-17(32-3)9-7-14)23(30)19(35-25)11-15-10-16(26)12-18(33-4)22(15)29/h6-12,21,29H,5H2,1-4H3/b19-11-/t21-/m1/s1. The molecular formula is C25H23BrN2O6S. The van der Waals surface area contributed by atoms with Crippen LogP contribution in [-0.2, 0) is 9.53 Å². The zero-order valence-electron chi connectivity index (χ0n) is 19.5. The van der Waals surface area contributed by atoms with Crippen molar-refractivity contribution in [2.45, 2.75) is 19.9 Å². The number of thiazole rings is 1. The molecule has 8 nitrogen and oxygen atoms in total. The maximum atomic E-state index is 13.7. The molecule has 35 heavy (non-hydrogen) atoms. The molecule has 0 amide bonds. The molecule has 1 aromatic heterocycles. The van der Waals surface area contributed by atoms with Crippen LogP contribution in [0.2, 0.25) is 0 Å². The van der Waals surface area contributed by atoms with Crippen molar-refractivity contribution in [3.63, 3.8) is 0 Å². The van der Waals surface area contributed by atoms with Gasteiger partial charge in [0.1, 0.15) is 5.75 Å². The number of hydrogen-bond donors (Lipinski definition) is 1. The zero-order valence-corrected chi connectivity index (χ0v) is 21.9. The second-order valence-electron chi connectivity index (χ2n) is 7.62. The Morgan fingerprint density at radius 1 is 1.23 bits per heavy atom. The molecule has 1 aliphatic heterocycles. The van der Waals surface area contributed by atoms with Crippen LogP contribution in [0.3, 0.4) is 0 Å². The fraction of sp³-hybridized carbons (Fsp3) is 0.240. The first-order valence-electron chi connectivity index (χ1n) is 10.7. The minimum atomic E-state index is -0.732. The first-order valence-corrected chi connectivity index (χ1v) is 12.3. The number of esters is 1. The molecule has 4 rings (SSSR count). The van der Waals surface area contributed by atoms with Gasteiger partial charge in [0.15, 0.2) is 16.3 Å². The number of carbonyl (C=O) groups is 1. The Labute approximate surface area is 213 Å². The van der Waals surface area contributed by atoms with Crippen LogP contribution in [0.5, 0.6) is 17.2 Å². The van der Waals surface area contributed by atoms with Crippen molar-refractivity contribution in [3.05, 3.63) is 83.0 Å². The number of hydrogen-bond acceptors (Lipinski definition) is 8. The van der Waals surface area contributed by atoms with Crippen LogP contribution in [0.15, 0.2) is 61.9 Å². The second kappa shape index (κ2) is 10.1. The number of benzene rings is 2. The second-order valence-corrected chi connectivity index (χ2v) is 9.55. The topological polar surface area (TPSA) is 99.4 Å². The molecule has 0 spiro atoms. The molecule has 1 aliphatic rings. The number of aromatic nitrogens is 1. The molecule has 0 saturated heterocycles. The third-order valence-electron chi connectivity index (χ3n) is 5.52. The van der Waals surface area contributed by atoms with E-state index in [-0.39, 0.29) is 23.7 Å². The lowest BCUT2D eigenvalue weighted by Crippen LogP contribution is -2.39. The first-order chi connectivity index (χ1) is 16.8. The highest BCUT2D eigenvalue weighted by atomic mass is 79.9. The van der Waals surface area contributed by atoms with Gasteiger partial charge in [-0.2, -0.15) is 0 Å². The molecule has 3 aromatic rings. The number of nitrogens with zero attached hydrogens (tertiary/aromatic N) is 2. The lowest BCUT2D eigenvalue weighted by Gasteiger charge is -2.24. The molecule has 2 aromatic carbocycles. The van der Waals surface area contributed by atoms with Crippen LogP contribution >= 0.6 is 27.3 Å². The van der Waals surface area contributed by atoms with Crippen LogP contribution in [0, 0.1) is 0 Å². The number of fused-ring (bicyclic) bond motifs is 1. The summed E-state index contributed by atoms with van der Waals surface area (Å²) in [6.45, 7) is 3.65. The minimum absolute atomic E-state index is 0.0865. The largest absolute Gasteiger partial charge is 0.504 e. The van der Waals surface area contributed by atoms with E-state index >= 15 is 0 Å². The first kappa shape index (κ1) is 24.7. The Kier molecular flexibility index (Phi) is 7.13. The van der Waals surface area contributed by atoms with Crippen LogP contribution in [0.1, 0.15) is 31.0 Å². The quantitative estimate of drug-likeness (QED) is 0.466. The van der Waals surface area contributed by atoms with Crippen molar-refractivity contribution in [2.24, 2.45) is 4.99 Å². The summed E-state index contributed by atoms with van der Waals surface area (Å²) in [6.07, 6.45) is 1.58. The monoisotopic (exact) mass is 558 g/mol. The molecule has 2 heterocycles. The molecule has 0 unspecified atom stereocenters. The van der Waals surface area contributed by atoms with Gasteiger partial charge >= 0.3 is 5.97 Å². The Hall–Kier alpha value is -3.37. The number of halogens is 1. The maximum Gasteiger partial charge on any atom is 0.338 e. The van der Waals surface area contributed by atoms with Crippen molar-refractivity contribution in [1.82, 2.24) is 4.57 Å². The number of rotatable bonds is 6. The summed E-state index contributed by atoms with van der Waals surface area (Å²) < 4.78 is 18.3. The lowest BCUT2D eigenvalue weighted by atomic mass is 9.96. The normalized spacial score (nSPS) is 15.5. The highest BCUT2D eigenvalue weighted by Gasteiger charge is 2.33. The van der Waals surface area contributed by atoms with Gasteiger partial charge in [-0.3, -0.25) is 9.36 Å². The molecule has 10 heteroatoms. The zero-order chi connectivity index (χ0) is 25.3. The third kappa shape index (κ3) is 4.63. The molecular weight excluding hydrogens is 536 g/mol. The molecule has 0 radical (unpaired) electrons. The van der Waals surface area contributed by atoms with E-state index in [0.29, 0.717) is 42.0 Å². The van der Waals surface area contributed by atoms with Gasteiger partial charge in [-0.15, -0.1) is 0 Å². The van der Waals surface area contributed by atoms with Gasteiger partial charge in [0.25, 0.3) is 5.56 Å². The van der Waals surface area contributed by atoms with E-state index in [9.17, 15) is 14.7 Å². The van der Waals surface area contributed by atoms with E-state index in [4.69, 9.17) is 14.2 Å². The summed E-state index contributed by atoms with van der Waals surface area (Å²) in [6, 6.07) is 9.75. The fourth-order valence-corrected chi connectivity index (χ4v) is 5.39. The van der Waals surface area contributed by atoms with Crippen molar-refractivity contribution in [3.8, 4) is 17.2 Å². The van der Waals surface area contributed by atoms with E-state index in [1.807, 2.05) is 12.1 Å². The molecule has 0 saturated carbocycles. The van der Waals surface area contributed by atoms with E-state index in [0.717, 1.165) is 0 Å². The van der Waals surface area contributed by atoms with Crippen molar-refractivity contribution < 1.29 is 24.1 Å². The van der Waals surface area contributed by atoms with Crippen molar-refractivity contribution in [2.75, 3.05) is 20.8 Å². The van der Waals surface area contributed by atoms with Crippen LogP contribution in [-0.4, -0.2) is 36.5 Å². The fourth-order valence-electron chi connectivity index (χ4n) is 3.89. The molecule has 182 valence electrons. The molecule has 0 bridgehead atoms. The van der Waals surface area contributed by atoms with Crippen LogP contribution in [0.4, 0.5) is 0 Å². The van der Waals surface area contributed by atoms with E-state index < -0.39 is 12.0 Å². The van der Waals surface area contributed by atoms with Gasteiger partial charge in [0.05, 0.1) is 42.7 Å². The van der Waals surface area contributed by atoms with Crippen molar-refractivity contribution >= 4 is 39.3 Å². The van der Waals surface area contributed by atoms with E-state index in [2.05, 4.69) is 20.9 Å². The van der Waals surface area contributed by atoms with Gasteiger partial charge in [-0.05, 0) is 49.8 Å². The maximum absolute atomic E-state index is 13.7. The predicted molar refractivity (Wildman–Crippen MR) is 136 cm³/mol. The Balaban J connectivity index is 1.96. The number of carbonyl (C=O) groups excluding carboxylic acids is 1. The van der Waals surface area contributed by atoms with Crippen LogP contribution in [0.25, 0.3) is 6.08 Å². The number of methoxy groups -OCH3 is 2. The average molecular weight is 559 g/mol. The summed E-state index contributed by atoms with van der Waals surface area (Å²) in [4.78, 5) is 31.6. The summed E-state index contributed by atoms with van der Waals surface area (Å²) in [5, 5.41) is 10.6. The van der Waals surface area contributed by atoms with Gasteiger partial charge < -0.3 is 19.3 Å². The molecule has 0 fully saturated rings. The van der Waals surface area contributed by atoms with Gasteiger partial charge in [0.2, 0.25) is 0 Å². The van der Waals surface area contributed by atoms with Crippen LogP contribution < -0.4 is 24.4 Å². The summed E-state index contributed by atoms with van der Waals surface area (Å²) in [5.41, 5.74) is 1.54. The van der Waals surface area contributed by atoms with Crippen molar-refractivity contribution in [1.29, 1.82) is 0 Å². The Morgan fingerprint density at radius 3 is 2.57 bits per heavy atom. The van der Waals surface area contributed by atoms with E-state index in [1.165, 1.54) is 23.0 Å². The van der Waals surface area contributed by atoms with Gasteiger partial charge in [0, 0.05) is 10.0 Å². The number of phenols is 1. The summed E-state index contributed by atoms with van der Waals surface area (Å²) >= 11 is 4.57. The lowest BCUT2D eigenvalue weighted by molar-refractivity contribution is -0.139. The van der Waals surface area contributed by atoms with Gasteiger partial charge in [-0.25, -0.2) is 9.79 Å². The van der Waals surface area contributed by atoms with E-state index in [1.54, 1.807) is 51.3 Å². The number of ether oxygens (including phenoxy) is 3. The number of aromatic hydroxyl groups is 1. The highest BCUT2D eigenvalue weighted by Crippen LogP contribution is 2.34. The summed E-state index contributed by atoms with van der Waals surface area (Å²) in [5.74, 6) is 0.309. The summed E-state index contributed by atoms with van der Waals surface area (Å²) in [7, 11) is 3.02. The molecule has 0 aliphatic carbocycles. The molecule has 1 atom stereocenters. The average Bonchev–Trinajstić information content (AvgIpc) is 3.14. The predicted octanol–water partition coefficient (Wildman–Crippen LogP) is 3.28. The molecule has 1 N–H and O–H groups in total. The number of phenolic OH excluding ortho intramolecular Hbond substituents is 1. The number of allylic oxidation sites excluding steroid dienone is 1. The third-order valence-corrected chi connectivity index (χ3v) is 6.97. The highest BCUT2D eigenvalue weighted by molar-refractivity contribution is 9.10.